The molecule has 0 amide bonds. The molecule has 0 fully saturated rings. The molecular formula is C15H16O7S. The van der Waals surface area contributed by atoms with Gasteiger partial charge in [0.1, 0.15) is 0 Å². The van der Waals surface area contributed by atoms with Crippen molar-refractivity contribution in [3.05, 3.63) is 55.6 Å². The summed E-state index contributed by atoms with van der Waals surface area (Å²) in [4.78, 5) is 30.7. The molecule has 0 aliphatic rings. The normalized spacial score (nSPS) is 9.74. The number of sulfone groups is 1. The topological polar surface area (TPSA) is 115 Å². The van der Waals surface area contributed by atoms with Gasteiger partial charge in [0.2, 0.25) is 0 Å². The highest BCUT2D eigenvalue weighted by Crippen LogP contribution is 2.10. The number of aliphatic carboxylic acids is 1. The molecule has 1 aromatic rings. The van der Waals surface area contributed by atoms with E-state index in [4.69, 9.17) is 5.11 Å². The van der Waals surface area contributed by atoms with E-state index in [0.29, 0.717) is 0 Å². The summed E-state index contributed by atoms with van der Waals surface area (Å²) in [5.74, 6) is -2.99. The number of benzene rings is 1. The van der Waals surface area contributed by atoms with Crippen LogP contribution in [0.2, 0.25) is 0 Å². The Bertz CT molecular complexity index is 657. The second-order valence-corrected chi connectivity index (χ2v) is 6.03. The Balaban J connectivity index is 0.000000468. The molecule has 0 aliphatic heterocycles. The monoisotopic (exact) mass is 340 g/mol. The summed E-state index contributed by atoms with van der Waals surface area (Å²) in [7, 11) is -3.44. The summed E-state index contributed by atoms with van der Waals surface area (Å²) >= 11 is 0. The van der Waals surface area contributed by atoms with Crippen molar-refractivity contribution in [1.82, 2.24) is 0 Å². The maximum atomic E-state index is 11.5. The lowest BCUT2D eigenvalue weighted by molar-refractivity contribution is -0.152. The van der Waals surface area contributed by atoms with E-state index in [1.807, 2.05) is 0 Å². The van der Waals surface area contributed by atoms with Gasteiger partial charge in [-0.05, 0) is 12.1 Å². The zero-order valence-corrected chi connectivity index (χ0v) is 13.0. The van der Waals surface area contributed by atoms with Crippen LogP contribution in [0.15, 0.2) is 60.5 Å². The SMILES string of the molecule is C=CC(=O)OC(=O)C=C.O=C(O)CCS(=O)(=O)c1ccccc1. The predicted octanol–water partition coefficient (Wildman–Crippen LogP) is 1.36. The van der Waals surface area contributed by atoms with Crippen molar-refractivity contribution in [2.75, 3.05) is 5.75 Å². The lowest BCUT2D eigenvalue weighted by atomic mass is 10.4. The molecule has 1 rings (SSSR count). The highest BCUT2D eigenvalue weighted by Gasteiger charge is 2.15. The van der Waals surface area contributed by atoms with E-state index < -0.39 is 27.7 Å². The Kier molecular flexibility index (Phi) is 8.87. The molecule has 0 unspecified atom stereocenters. The Morgan fingerprint density at radius 2 is 1.52 bits per heavy atom. The first-order valence-corrected chi connectivity index (χ1v) is 7.88. The minimum Gasteiger partial charge on any atom is -0.481 e. The van der Waals surface area contributed by atoms with Crippen LogP contribution in [0.4, 0.5) is 0 Å². The fourth-order valence-electron chi connectivity index (χ4n) is 1.15. The second-order valence-electron chi connectivity index (χ2n) is 3.92. The van der Waals surface area contributed by atoms with Gasteiger partial charge in [-0.15, -0.1) is 0 Å². The predicted molar refractivity (Wildman–Crippen MR) is 82.2 cm³/mol. The number of carboxylic acid groups (broad SMARTS) is 1. The van der Waals surface area contributed by atoms with Crippen LogP contribution in [0.5, 0.6) is 0 Å². The van der Waals surface area contributed by atoms with Crippen molar-refractivity contribution in [1.29, 1.82) is 0 Å². The molecular weight excluding hydrogens is 324 g/mol. The van der Waals surface area contributed by atoms with E-state index >= 15 is 0 Å². The number of ether oxygens (including phenoxy) is 1. The lowest BCUT2D eigenvalue weighted by Gasteiger charge is -2.01. The molecule has 1 N–H and O–H groups in total. The number of hydrogen-bond acceptors (Lipinski definition) is 6. The van der Waals surface area contributed by atoms with Gasteiger partial charge in [-0.25, -0.2) is 18.0 Å². The van der Waals surface area contributed by atoms with E-state index in [2.05, 4.69) is 17.9 Å². The van der Waals surface area contributed by atoms with E-state index in [1.165, 1.54) is 12.1 Å². The average Bonchev–Trinajstić information content (AvgIpc) is 2.54. The van der Waals surface area contributed by atoms with Crippen LogP contribution in [0.1, 0.15) is 6.42 Å². The first-order valence-electron chi connectivity index (χ1n) is 6.23. The van der Waals surface area contributed by atoms with Gasteiger partial charge in [-0.2, -0.15) is 0 Å². The molecule has 0 saturated carbocycles. The van der Waals surface area contributed by atoms with E-state index in [-0.39, 0.29) is 17.1 Å². The Hall–Kier alpha value is -2.74. The van der Waals surface area contributed by atoms with Crippen LogP contribution in [0.25, 0.3) is 0 Å². The maximum Gasteiger partial charge on any atom is 0.338 e. The number of esters is 2. The fraction of sp³-hybridized carbons (Fsp3) is 0.133. The second kappa shape index (κ2) is 10.1. The smallest absolute Gasteiger partial charge is 0.338 e. The lowest BCUT2D eigenvalue weighted by Crippen LogP contribution is -2.10. The molecule has 1 aromatic carbocycles. The Morgan fingerprint density at radius 3 is 1.91 bits per heavy atom. The molecule has 0 atom stereocenters. The number of hydrogen-bond donors (Lipinski definition) is 1. The summed E-state index contributed by atoms with van der Waals surface area (Å²) < 4.78 is 27.0. The van der Waals surface area contributed by atoms with Crippen LogP contribution < -0.4 is 0 Å². The molecule has 124 valence electrons. The molecule has 0 aliphatic carbocycles. The van der Waals surface area contributed by atoms with Crippen molar-refractivity contribution in [2.24, 2.45) is 0 Å². The van der Waals surface area contributed by atoms with Crippen molar-refractivity contribution in [3.8, 4) is 0 Å². The molecule has 23 heavy (non-hydrogen) atoms. The summed E-state index contributed by atoms with van der Waals surface area (Å²) in [5.41, 5.74) is 0. The van der Waals surface area contributed by atoms with Gasteiger partial charge in [0, 0.05) is 12.2 Å². The third-order valence-electron chi connectivity index (χ3n) is 2.22. The molecule has 0 heterocycles. The van der Waals surface area contributed by atoms with Gasteiger partial charge in [0.05, 0.1) is 17.1 Å². The number of carbonyl (C=O) groups excluding carboxylic acids is 2. The standard InChI is InChI=1S/C9H10O4S.C6H6O3/c10-9(11)6-7-14(12,13)8-4-2-1-3-5-8;1-3-5(7)9-6(8)4-2/h1-5H,6-7H2,(H,10,11);3-4H,1-2H2. The highest BCUT2D eigenvalue weighted by molar-refractivity contribution is 7.91. The van der Waals surface area contributed by atoms with E-state index in [9.17, 15) is 22.8 Å². The van der Waals surface area contributed by atoms with Crippen LogP contribution >= 0.6 is 0 Å². The quantitative estimate of drug-likeness (QED) is 0.472. The molecule has 0 saturated heterocycles. The minimum atomic E-state index is -3.44. The number of carbonyl (C=O) groups is 3. The summed E-state index contributed by atoms with van der Waals surface area (Å²) in [6.45, 7) is 6.17. The summed E-state index contributed by atoms with van der Waals surface area (Å²) in [6, 6.07) is 7.83. The van der Waals surface area contributed by atoms with Crippen molar-refractivity contribution >= 4 is 27.7 Å². The van der Waals surface area contributed by atoms with Crippen LogP contribution in [-0.4, -0.2) is 37.2 Å². The van der Waals surface area contributed by atoms with Gasteiger partial charge in [0.25, 0.3) is 0 Å². The van der Waals surface area contributed by atoms with Crippen LogP contribution in [-0.2, 0) is 29.0 Å². The van der Waals surface area contributed by atoms with Crippen LogP contribution in [0, 0.1) is 0 Å². The highest BCUT2D eigenvalue weighted by atomic mass is 32.2. The third-order valence-corrected chi connectivity index (χ3v) is 3.95. The van der Waals surface area contributed by atoms with Crippen molar-refractivity contribution < 1.29 is 32.6 Å². The van der Waals surface area contributed by atoms with Gasteiger partial charge in [-0.1, -0.05) is 31.4 Å². The first-order chi connectivity index (χ1) is 10.7. The maximum absolute atomic E-state index is 11.5. The zero-order chi connectivity index (χ0) is 17.9. The molecule has 0 radical (unpaired) electrons. The Morgan fingerprint density at radius 1 is 1.04 bits per heavy atom. The molecule has 7 nitrogen and oxygen atoms in total. The van der Waals surface area contributed by atoms with E-state index in [0.717, 1.165) is 12.2 Å². The van der Waals surface area contributed by atoms with Crippen LogP contribution in [0.3, 0.4) is 0 Å². The Labute approximate surface area is 133 Å². The zero-order valence-electron chi connectivity index (χ0n) is 12.2. The first kappa shape index (κ1) is 20.3. The number of carboxylic acids is 1. The van der Waals surface area contributed by atoms with Crippen molar-refractivity contribution in [3.63, 3.8) is 0 Å². The average molecular weight is 340 g/mol. The largest absolute Gasteiger partial charge is 0.481 e. The minimum absolute atomic E-state index is 0.168. The molecule has 0 aromatic heterocycles. The summed E-state index contributed by atoms with van der Waals surface area (Å²) in [5, 5.41) is 8.36. The molecule has 0 spiro atoms. The summed E-state index contributed by atoms with van der Waals surface area (Å²) in [6.07, 6.45) is 1.44. The van der Waals surface area contributed by atoms with Gasteiger partial charge >= 0.3 is 17.9 Å². The van der Waals surface area contributed by atoms with E-state index in [1.54, 1.807) is 18.2 Å². The number of rotatable bonds is 6. The third kappa shape index (κ3) is 8.99. The van der Waals surface area contributed by atoms with Gasteiger partial charge in [0.15, 0.2) is 9.84 Å². The molecule has 0 bridgehead atoms. The molecule has 8 heteroatoms. The van der Waals surface area contributed by atoms with Crippen molar-refractivity contribution in [2.45, 2.75) is 11.3 Å². The van der Waals surface area contributed by atoms with Gasteiger partial charge in [-0.3, -0.25) is 4.79 Å². The van der Waals surface area contributed by atoms with Gasteiger partial charge < -0.3 is 9.84 Å². The fourth-order valence-corrected chi connectivity index (χ4v) is 2.40.